The predicted octanol–water partition coefficient (Wildman–Crippen LogP) is 13.1. The molecule has 1 aliphatic rings. The van der Waals surface area contributed by atoms with Gasteiger partial charge in [-0.1, -0.05) is 153 Å². The van der Waals surface area contributed by atoms with Crippen LogP contribution in [-0.4, -0.2) is 0 Å². The van der Waals surface area contributed by atoms with Crippen LogP contribution in [0.4, 0.5) is 17.1 Å². The van der Waals surface area contributed by atoms with Gasteiger partial charge in [0.15, 0.2) is 0 Å². The van der Waals surface area contributed by atoms with Gasteiger partial charge in [-0.3, -0.25) is 0 Å². The summed E-state index contributed by atoms with van der Waals surface area (Å²) in [5, 5.41) is 5.10. The number of hydrogen-bond donors (Lipinski definition) is 0. The van der Waals surface area contributed by atoms with Gasteiger partial charge in [-0.2, -0.15) is 0 Å². The molecule has 0 unspecified atom stereocenters. The van der Waals surface area contributed by atoms with E-state index >= 15 is 0 Å². The lowest BCUT2D eigenvalue weighted by atomic mass is 9.79. The van der Waals surface area contributed by atoms with E-state index in [0.717, 1.165) is 17.1 Å². The van der Waals surface area contributed by atoms with E-state index in [4.69, 9.17) is 0 Å². The van der Waals surface area contributed by atoms with Crippen LogP contribution in [0.1, 0.15) is 25.0 Å². The molecule has 0 saturated heterocycles. The van der Waals surface area contributed by atoms with Crippen molar-refractivity contribution >= 4 is 38.6 Å². The number of para-hydroxylation sites is 1. The third-order valence-electron chi connectivity index (χ3n) is 10.2. The van der Waals surface area contributed by atoms with Crippen LogP contribution in [0.15, 0.2) is 176 Å². The molecule has 1 aliphatic carbocycles. The molecule has 0 N–H and O–H groups in total. The van der Waals surface area contributed by atoms with Crippen molar-refractivity contribution in [3.63, 3.8) is 0 Å². The van der Waals surface area contributed by atoms with Crippen molar-refractivity contribution in [1.82, 2.24) is 0 Å². The lowest BCUT2D eigenvalue weighted by Gasteiger charge is -2.30. The predicted molar refractivity (Wildman–Crippen MR) is 205 cm³/mol. The number of anilines is 3. The first kappa shape index (κ1) is 28.3. The Kier molecular flexibility index (Phi) is 6.55. The lowest BCUT2D eigenvalue weighted by Crippen LogP contribution is -2.17. The minimum Gasteiger partial charge on any atom is -0.310 e. The highest BCUT2D eigenvalue weighted by Crippen LogP contribution is 2.55. The molecule has 48 heavy (non-hydrogen) atoms. The smallest absolute Gasteiger partial charge is 0.0540 e. The van der Waals surface area contributed by atoms with E-state index in [0.29, 0.717) is 0 Å². The molecule has 1 heteroatoms. The summed E-state index contributed by atoms with van der Waals surface area (Å²) in [7, 11) is 0. The average molecular weight is 614 g/mol. The first-order valence-corrected chi connectivity index (χ1v) is 16.8. The standard InChI is InChI=1S/C47H35N/c1-47(2)44-30-37(27-28-40(44)43-31-42(34-18-7-4-8-19-34)39-22-11-12-23-41(39)46(43)47)48(36-26-25-32-15-9-10-20-35(32)29-36)45-24-14-13-21-38(45)33-16-5-3-6-17-33/h3-31H,1-2H3. The molecular formula is C47H35N. The fourth-order valence-electron chi connectivity index (χ4n) is 7.95. The molecule has 8 aromatic rings. The molecule has 1 nitrogen and oxygen atoms in total. The van der Waals surface area contributed by atoms with Crippen LogP contribution in [0.2, 0.25) is 0 Å². The van der Waals surface area contributed by atoms with Crippen LogP contribution in [0.5, 0.6) is 0 Å². The zero-order valence-corrected chi connectivity index (χ0v) is 27.2. The van der Waals surface area contributed by atoms with Crippen molar-refractivity contribution < 1.29 is 0 Å². The normalized spacial score (nSPS) is 13.0. The van der Waals surface area contributed by atoms with E-state index in [-0.39, 0.29) is 5.41 Å². The molecule has 0 aromatic heterocycles. The van der Waals surface area contributed by atoms with E-state index in [9.17, 15) is 0 Å². The molecule has 0 radical (unpaired) electrons. The van der Waals surface area contributed by atoms with Crippen LogP contribution in [-0.2, 0) is 5.41 Å². The fraction of sp³-hybridized carbons (Fsp3) is 0.0638. The Bertz CT molecular complexity index is 2470. The monoisotopic (exact) mass is 613 g/mol. The summed E-state index contributed by atoms with van der Waals surface area (Å²) in [5.74, 6) is 0. The SMILES string of the molecule is CC1(C)c2cc(N(c3ccc4ccccc4c3)c3ccccc3-c3ccccc3)ccc2-c2cc(-c3ccccc3)c3ccccc3c21. The average Bonchev–Trinajstić information content (AvgIpc) is 3.38. The molecule has 0 fully saturated rings. The van der Waals surface area contributed by atoms with Gasteiger partial charge in [-0.05, 0) is 96.9 Å². The first-order valence-electron chi connectivity index (χ1n) is 16.8. The summed E-state index contributed by atoms with van der Waals surface area (Å²) < 4.78 is 0. The lowest BCUT2D eigenvalue weighted by molar-refractivity contribution is 0.666. The van der Waals surface area contributed by atoms with Crippen molar-refractivity contribution in [1.29, 1.82) is 0 Å². The number of hydrogen-bond acceptors (Lipinski definition) is 1. The van der Waals surface area contributed by atoms with Gasteiger partial charge >= 0.3 is 0 Å². The quantitative estimate of drug-likeness (QED) is 0.187. The minimum atomic E-state index is -0.191. The van der Waals surface area contributed by atoms with Gasteiger partial charge in [-0.15, -0.1) is 0 Å². The molecule has 0 bridgehead atoms. The van der Waals surface area contributed by atoms with Crippen molar-refractivity contribution in [2.45, 2.75) is 19.3 Å². The summed E-state index contributed by atoms with van der Waals surface area (Å²) in [6.07, 6.45) is 0. The van der Waals surface area contributed by atoms with Crippen molar-refractivity contribution in [2.75, 3.05) is 4.90 Å². The Balaban J connectivity index is 1.28. The number of benzene rings is 8. The molecule has 0 spiro atoms. The molecule has 0 saturated carbocycles. The summed E-state index contributed by atoms with van der Waals surface area (Å²) >= 11 is 0. The van der Waals surface area contributed by atoms with Crippen LogP contribution >= 0.6 is 0 Å². The highest BCUT2D eigenvalue weighted by Gasteiger charge is 2.38. The minimum absolute atomic E-state index is 0.191. The topological polar surface area (TPSA) is 3.24 Å². The van der Waals surface area contributed by atoms with Crippen molar-refractivity contribution in [3.8, 4) is 33.4 Å². The van der Waals surface area contributed by atoms with Gasteiger partial charge in [0, 0.05) is 22.4 Å². The molecule has 8 aromatic carbocycles. The van der Waals surface area contributed by atoms with Gasteiger partial charge in [-0.25, -0.2) is 0 Å². The van der Waals surface area contributed by atoms with E-state index < -0.39 is 0 Å². The number of nitrogens with zero attached hydrogens (tertiary/aromatic N) is 1. The van der Waals surface area contributed by atoms with Gasteiger partial charge in [0.05, 0.1) is 5.69 Å². The van der Waals surface area contributed by atoms with Gasteiger partial charge in [0.1, 0.15) is 0 Å². The largest absolute Gasteiger partial charge is 0.310 e. The molecular weight excluding hydrogens is 579 g/mol. The van der Waals surface area contributed by atoms with E-state index in [1.807, 2.05) is 0 Å². The van der Waals surface area contributed by atoms with Crippen LogP contribution in [0.25, 0.3) is 54.9 Å². The third kappa shape index (κ3) is 4.47. The second-order valence-electron chi connectivity index (χ2n) is 13.4. The van der Waals surface area contributed by atoms with Gasteiger partial charge in [0.25, 0.3) is 0 Å². The highest BCUT2D eigenvalue weighted by atomic mass is 15.1. The van der Waals surface area contributed by atoms with Gasteiger partial charge in [0.2, 0.25) is 0 Å². The van der Waals surface area contributed by atoms with Crippen molar-refractivity contribution in [2.24, 2.45) is 0 Å². The van der Waals surface area contributed by atoms with Crippen molar-refractivity contribution in [3.05, 3.63) is 187 Å². The summed E-state index contributed by atoms with van der Waals surface area (Å²) in [4.78, 5) is 2.45. The van der Waals surface area contributed by atoms with Crippen LogP contribution < -0.4 is 4.90 Å². The number of rotatable bonds is 5. The second-order valence-corrected chi connectivity index (χ2v) is 13.4. The third-order valence-corrected chi connectivity index (χ3v) is 10.2. The maximum absolute atomic E-state index is 2.45. The Hall–Kier alpha value is -5.92. The Morgan fingerprint density at radius 3 is 1.75 bits per heavy atom. The molecule has 9 rings (SSSR count). The van der Waals surface area contributed by atoms with Crippen LogP contribution in [0, 0.1) is 0 Å². The van der Waals surface area contributed by atoms with E-state index in [2.05, 4.69) is 195 Å². The van der Waals surface area contributed by atoms with E-state index in [1.165, 1.54) is 66.1 Å². The second kappa shape index (κ2) is 11.1. The maximum Gasteiger partial charge on any atom is 0.0540 e. The zero-order chi connectivity index (χ0) is 32.2. The molecule has 0 aliphatic heterocycles. The number of fused-ring (bicyclic) bond motifs is 6. The summed E-state index contributed by atoms with van der Waals surface area (Å²) in [5.41, 5.74) is 13.6. The summed E-state index contributed by atoms with van der Waals surface area (Å²) in [6, 6.07) is 64.3. The maximum atomic E-state index is 2.45. The zero-order valence-electron chi connectivity index (χ0n) is 27.2. The fourth-order valence-corrected chi connectivity index (χ4v) is 7.95. The highest BCUT2D eigenvalue weighted by molar-refractivity contribution is 6.06. The van der Waals surface area contributed by atoms with Gasteiger partial charge < -0.3 is 4.90 Å². The van der Waals surface area contributed by atoms with E-state index in [1.54, 1.807) is 0 Å². The Morgan fingerprint density at radius 2 is 0.979 bits per heavy atom. The first-order chi connectivity index (χ1) is 23.6. The molecule has 0 amide bonds. The Labute approximate surface area is 282 Å². The molecule has 0 heterocycles. The summed E-state index contributed by atoms with van der Waals surface area (Å²) in [6.45, 7) is 4.79. The van der Waals surface area contributed by atoms with Crippen LogP contribution in [0.3, 0.4) is 0 Å². The Morgan fingerprint density at radius 1 is 0.396 bits per heavy atom. The molecule has 0 atom stereocenters. The molecule has 228 valence electrons.